The molecular formula is C13H20N2O2S. The first kappa shape index (κ1) is 13.4. The molecule has 0 unspecified atom stereocenters. The van der Waals surface area contributed by atoms with E-state index in [4.69, 9.17) is 5.73 Å². The Morgan fingerprint density at radius 1 is 1.06 bits per heavy atom. The fourth-order valence-corrected chi connectivity index (χ4v) is 4.29. The van der Waals surface area contributed by atoms with Crippen molar-refractivity contribution in [2.75, 3.05) is 18.8 Å². The van der Waals surface area contributed by atoms with Crippen LogP contribution >= 0.6 is 0 Å². The van der Waals surface area contributed by atoms with Crippen LogP contribution in [0.5, 0.6) is 0 Å². The zero-order chi connectivity index (χ0) is 13.3. The van der Waals surface area contributed by atoms with E-state index in [1.54, 1.807) is 11.2 Å². The zero-order valence-electron chi connectivity index (χ0n) is 10.9. The molecule has 1 heterocycles. The first-order valence-corrected chi connectivity index (χ1v) is 7.74. The van der Waals surface area contributed by atoms with E-state index in [0.717, 1.165) is 30.4 Å². The lowest BCUT2D eigenvalue weighted by molar-refractivity contribution is 0.346. The van der Waals surface area contributed by atoms with Crippen LogP contribution in [0.15, 0.2) is 17.0 Å². The minimum absolute atomic E-state index is 0.296. The maximum Gasteiger partial charge on any atom is 0.245 e. The van der Waals surface area contributed by atoms with Crippen molar-refractivity contribution in [3.63, 3.8) is 0 Å². The second kappa shape index (κ2) is 4.90. The molecule has 5 heteroatoms. The highest BCUT2D eigenvalue weighted by Crippen LogP contribution is 2.30. The number of hydrogen-bond acceptors (Lipinski definition) is 3. The summed E-state index contributed by atoms with van der Waals surface area (Å²) in [5.41, 5.74) is 7.90. The monoisotopic (exact) mass is 268 g/mol. The number of hydrogen-bond donors (Lipinski definition) is 1. The van der Waals surface area contributed by atoms with Crippen LogP contribution in [0.4, 0.5) is 5.69 Å². The predicted molar refractivity (Wildman–Crippen MR) is 72.9 cm³/mol. The summed E-state index contributed by atoms with van der Waals surface area (Å²) in [6, 6.07) is 3.68. The highest BCUT2D eigenvalue weighted by Gasteiger charge is 2.29. The van der Waals surface area contributed by atoms with Crippen LogP contribution in [0.3, 0.4) is 0 Å². The molecule has 0 bridgehead atoms. The topological polar surface area (TPSA) is 63.4 Å². The second-order valence-corrected chi connectivity index (χ2v) is 6.78. The number of nitrogens with zero attached hydrogens (tertiary/aromatic N) is 1. The van der Waals surface area contributed by atoms with Gasteiger partial charge in [0.1, 0.15) is 4.90 Å². The highest BCUT2D eigenvalue weighted by molar-refractivity contribution is 7.89. The normalized spacial score (nSPS) is 17.9. The molecule has 1 aliphatic heterocycles. The summed E-state index contributed by atoms with van der Waals surface area (Å²) in [6.07, 6.45) is 2.97. The molecule has 1 aliphatic rings. The molecule has 0 aromatic heterocycles. The molecule has 18 heavy (non-hydrogen) atoms. The summed E-state index contributed by atoms with van der Waals surface area (Å²) in [5.74, 6) is 0. The number of rotatable bonds is 2. The van der Waals surface area contributed by atoms with Gasteiger partial charge in [-0.3, -0.25) is 0 Å². The van der Waals surface area contributed by atoms with Gasteiger partial charge in [0.15, 0.2) is 0 Å². The van der Waals surface area contributed by atoms with Gasteiger partial charge in [-0.1, -0.05) is 18.6 Å². The third-order valence-corrected chi connectivity index (χ3v) is 5.63. The lowest BCUT2D eigenvalue weighted by atomic mass is 10.1. The maximum atomic E-state index is 12.6. The van der Waals surface area contributed by atoms with E-state index in [9.17, 15) is 8.42 Å². The van der Waals surface area contributed by atoms with E-state index < -0.39 is 10.0 Å². The Labute approximate surface area is 109 Å². The summed E-state index contributed by atoms with van der Waals surface area (Å²) < 4.78 is 26.8. The van der Waals surface area contributed by atoms with Crippen molar-refractivity contribution in [1.29, 1.82) is 0 Å². The molecule has 0 radical (unpaired) electrons. The number of aryl methyl sites for hydroxylation is 2. The van der Waals surface area contributed by atoms with E-state index in [2.05, 4.69) is 0 Å². The third kappa shape index (κ3) is 2.24. The van der Waals surface area contributed by atoms with Crippen molar-refractivity contribution < 1.29 is 8.42 Å². The molecular weight excluding hydrogens is 248 g/mol. The summed E-state index contributed by atoms with van der Waals surface area (Å²) in [6.45, 7) is 4.85. The van der Waals surface area contributed by atoms with E-state index in [1.807, 2.05) is 19.1 Å². The smallest absolute Gasteiger partial charge is 0.245 e. The molecule has 1 aromatic rings. The van der Waals surface area contributed by atoms with Crippen molar-refractivity contribution in [1.82, 2.24) is 4.31 Å². The molecule has 0 aliphatic carbocycles. The zero-order valence-corrected chi connectivity index (χ0v) is 11.8. The van der Waals surface area contributed by atoms with Crippen LogP contribution in [0, 0.1) is 13.8 Å². The SMILES string of the molecule is Cc1ccc(C)c(S(=O)(=O)N2CCCCC2)c1N. The van der Waals surface area contributed by atoms with Crippen molar-refractivity contribution in [2.24, 2.45) is 0 Å². The van der Waals surface area contributed by atoms with Gasteiger partial charge in [0.25, 0.3) is 0 Å². The van der Waals surface area contributed by atoms with Crippen molar-refractivity contribution in [2.45, 2.75) is 38.0 Å². The molecule has 1 fully saturated rings. The van der Waals surface area contributed by atoms with Crippen molar-refractivity contribution >= 4 is 15.7 Å². The Hall–Kier alpha value is -1.07. The number of nitrogens with two attached hydrogens (primary N) is 1. The summed E-state index contributed by atoms with van der Waals surface area (Å²) >= 11 is 0. The number of benzene rings is 1. The van der Waals surface area contributed by atoms with Gasteiger partial charge in [-0.2, -0.15) is 4.31 Å². The Kier molecular flexibility index (Phi) is 3.64. The Morgan fingerprint density at radius 2 is 1.61 bits per heavy atom. The average molecular weight is 268 g/mol. The van der Waals surface area contributed by atoms with Crippen molar-refractivity contribution in [3.8, 4) is 0 Å². The molecule has 0 amide bonds. The van der Waals surface area contributed by atoms with Gasteiger partial charge >= 0.3 is 0 Å². The number of anilines is 1. The highest BCUT2D eigenvalue weighted by atomic mass is 32.2. The molecule has 1 saturated heterocycles. The molecule has 2 rings (SSSR count). The number of sulfonamides is 1. The van der Waals surface area contributed by atoms with E-state index in [1.165, 1.54) is 0 Å². The van der Waals surface area contributed by atoms with Crippen LogP contribution in [0.2, 0.25) is 0 Å². The van der Waals surface area contributed by atoms with Gasteiger partial charge in [-0.15, -0.1) is 0 Å². The van der Waals surface area contributed by atoms with Gasteiger partial charge in [0.05, 0.1) is 5.69 Å². The fraction of sp³-hybridized carbons (Fsp3) is 0.538. The van der Waals surface area contributed by atoms with Crippen LogP contribution in [0.25, 0.3) is 0 Å². The molecule has 0 atom stereocenters. The van der Waals surface area contributed by atoms with Crippen LogP contribution < -0.4 is 5.73 Å². The number of nitrogen functional groups attached to an aromatic ring is 1. The van der Waals surface area contributed by atoms with Gasteiger partial charge in [-0.25, -0.2) is 8.42 Å². The Morgan fingerprint density at radius 3 is 2.22 bits per heavy atom. The summed E-state index contributed by atoms with van der Waals surface area (Å²) in [7, 11) is -3.44. The van der Waals surface area contributed by atoms with Crippen LogP contribution in [-0.4, -0.2) is 25.8 Å². The average Bonchev–Trinajstić information content (AvgIpc) is 2.35. The summed E-state index contributed by atoms with van der Waals surface area (Å²) in [4.78, 5) is 0.296. The lowest BCUT2D eigenvalue weighted by Crippen LogP contribution is -2.36. The maximum absolute atomic E-state index is 12.6. The largest absolute Gasteiger partial charge is 0.397 e. The molecule has 0 saturated carbocycles. The molecule has 100 valence electrons. The van der Waals surface area contributed by atoms with Gasteiger partial charge in [-0.05, 0) is 37.8 Å². The predicted octanol–water partition coefficient (Wildman–Crippen LogP) is 2.06. The fourth-order valence-electron chi connectivity index (χ4n) is 2.38. The Balaban J connectivity index is 2.50. The third-order valence-electron chi connectivity index (χ3n) is 3.52. The minimum atomic E-state index is -3.44. The molecule has 0 spiro atoms. The Bertz CT molecular complexity index is 546. The quantitative estimate of drug-likeness (QED) is 0.835. The number of piperidine rings is 1. The van der Waals surface area contributed by atoms with E-state index >= 15 is 0 Å². The second-order valence-electron chi connectivity index (χ2n) is 4.91. The molecule has 1 aromatic carbocycles. The molecule has 2 N–H and O–H groups in total. The first-order valence-electron chi connectivity index (χ1n) is 6.30. The summed E-state index contributed by atoms with van der Waals surface area (Å²) in [5, 5.41) is 0. The van der Waals surface area contributed by atoms with Crippen molar-refractivity contribution in [3.05, 3.63) is 23.3 Å². The van der Waals surface area contributed by atoms with E-state index in [-0.39, 0.29) is 0 Å². The van der Waals surface area contributed by atoms with Crippen LogP contribution in [-0.2, 0) is 10.0 Å². The first-order chi connectivity index (χ1) is 8.44. The van der Waals surface area contributed by atoms with Crippen LogP contribution in [0.1, 0.15) is 30.4 Å². The van der Waals surface area contributed by atoms with E-state index in [0.29, 0.717) is 23.7 Å². The minimum Gasteiger partial charge on any atom is -0.397 e. The molecule has 4 nitrogen and oxygen atoms in total. The lowest BCUT2D eigenvalue weighted by Gasteiger charge is -2.27. The standard InChI is InChI=1S/C13H20N2O2S/c1-10-6-7-11(2)13(12(10)14)18(16,17)15-8-4-3-5-9-15/h6-7H,3-5,8-9,14H2,1-2H3. The van der Waals surface area contributed by atoms with Gasteiger partial charge in [0, 0.05) is 13.1 Å². The van der Waals surface area contributed by atoms with Gasteiger partial charge in [0.2, 0.25) is 10.0 Å². The van der Waals surface area contributed by atoms with Gasteiger partial charge < -0.3 is 5.73 Å².